The molecule has 0 spiro atoms. The van der Waals surface area contributed by atoms with Gasteiger partial charge in [0.25, 0.3) is 5.56 Å². The number of benzene rings is 2. The lowest BCUT2D eigenvalue weighted by molar-refractivity contribution is 0.402. The molecule has 0 saturated carbocycles. The number of ether oxygens (including phenoxy) is 2. The Morgan fingerprint density at radius 2 is 1.83 bits per heavy atom. The SMILES string of the molecule is COc1cc(N2CCCC2)c(OC)cc1C=Nn1c(C)nc2ccc(Br)cc2c1=O. The number of methoxy groups -OCH3 is 2. The van der Waals surface area contributed by atoms with Crippen LogP contribution >= 0.6 is 15.9 Å². The molecule has 30 heavy (non-hydrogen) atoms. The minimum absolute atomic E-state index is 0.227. The largest absolute Gasteiger partial charge is 0.496 e. The summed E-state index contributed by atoms with van der Waals surface area (Å²) in [7, 11) is 3.28. The second-order valence-corrected chi connectivity index (χ2v) is 8.06. The second kappa shape index (κ2) is 8.47. The first kappa shape index (κ1) is 20.4. The molecule has 1 aliphatic heterocycles. The lowest BCUT2D eigenvalue weighted by Crippen LogP contribution is -2.21. The molecular formula is C22H23BrN4O3. The number of fused-ring (bicyclic) bond motifs is 1. The Kier molecular flexibility index (Phi) is 5.76. The highest BCUT2D eigenvalue weighted by atomic mass is 79.9. The first-order valence-corrected chi connectivity index (χ1v) is 10.6. The Morgan fingerprint density at radius 1 is 1.10 bits per heavy atom. The van der Waals surface area contributed by atoms with Crippen LogP contribution in [0.25, 0.3) is 10.9 Å². The smallest absolute Gasteiger partial charge is 0.282 e. The van der Waals surface area contributed by atoms with Crippen molar-refractivity contribution in [2.24, 2.45) is 5.10 Å². The standard InChI is InChI=1S/C22H23BrN4O3/c1-14-25-18-7-6-16(23)11-17(18)22(28)27(14)24-13-15-10-21(30-3)19(12-20(15)29-2)26-8-4-5-9-26/h6-7,10-13H,4-5,8-9H2,1-3H3. The number of hydrogen-bond donors (Lipinski definition) is 0. The Labute approximate surface area is 183 Å². The van der Waals surface area contributed by atoms with Crippen LogP contribution in [0.5, 0.6) is 11.5 Å². The van der Waals surface area contributed by atoms with Crippen LogP contribution in [-0.4, -0.2) is 43.2 Å². The van der Waals surface area contributed by atoms with Gasteiger partial charge < -0.3 is 14.4 Å². The molecule has 1 aromatic heterocycles. The van der Waals surface area contributed by atoms with Gasteiger partial charge in [0.05, 0.1) is 37.0 Å². The van der Waals surface area contributed by atoms with Crippen molar-refractivity contribution in [1.29, 1.82) is 0 Å². The number of hydrogen-bond acceptors (Lipinski definition) is 6. The quantitative estimate of drug-likeness (QED) is 0.527. The number of aromatic nitrogens is 2. The highest BCUT2D eigenvalue weighted by molar-refractivity contribution is 9.10. The summed E-state index contributed by atoms with van der Waals surface area (Å²) in [5, 5.41) is 4.92. The lowest BCUT2D eigenvalue weighted by atomic mass is 10.1. The van der Waals surface area contributed by atoms with Gasteiger partial charge >= 0.3 is 0 Å². The van der Waals surface area contributed by atoms with Gasteiger partial charge in [0.2, 0.25) is 0 Å². The van der Waals surface area contributed by atoms with E-state index in [1.54, 1.807) is 33.4 Å². The van der Waals surface area contributed by atoms with Crippen LogP contribution in [0.15, 0.2) is 44.7 Å². The average molecular weight is 471 g/mol. The third kappa shape index (κ3) is 3.79. The Hall–Kier alpha value is -2.87. The number of aryl methyl sites for hydroxylation is 1. The van der Waals surface area contributed by atoms with Gasteiger partial charge in [0, 0.05) is 29.2 Å². The van der Waals surface area contributed by atoms with E-state index in [1.807, 2.05) is 24.3 Å². The molecular weight excluding hydrogens is 448 g/mol. The van der Waals surface area contributed by atoms with E-state index in [0.29, 0.717) is 22.5 Å². The van der Waals surface area contributed by atoms with Crippen LogP contribution in [0.2, 0.25) is 0 Å². The summed E-state index contributed by atoms with van der Waals surface area (Å²) >= 11 is 3.41. The van der Waals surface area contributed by atoms with E-state index in [4.69, 9.17) is 9.47 Å². The third-order valence-corrected chi connectivity index (χ3v) is 5.75. The summed E-state index contributed by atoms with van der Waals surface area (Å²) in [5.74, 6) is 1.93. The van der Waals surface area contributed by atoms with Gasteiger partial charge in [-0.15, -0.1) is 0 Å². The van der Waals surface area contributed by atoms with E-state index < -0.39 is 0 Å². The van der Waals surface area contributed by atoms with E-state index in [1.165, 1.54) is 17.5 Å². The first-order valence-electron chi connectivity index (χ1n) is 9.76. The molecule has 0 atom stereocenters. The molecule has 1 saturated heterocycles. The van der Waals surface area contributed by atoms with Crippen LogP contribution in [0.3, 0.4) is 0 Å². The van der Waals surface area contributed by atoms with E-state index in [0.717, 1.165) is 34.6 Å². The number of rotatable bonds is 5. The Morgan fingerprint density at radius 3 is 2.53 bits per heavy atom. The van der Waals surface area contributed by atoms with Crippen LogP contribution < -0.4 is 19.9 Å². The fraction of sp³-hybridized carbons (Fsp3) is 0.318. The van der Waals surface area contributed by atoms with Crippen molar-refractivity contribution < 1.29 is 9.47 Å². The fourth-order valence-electron chi connectivity index (χ4n) is 3.73. The Bertz CT molecular complexity index is 1180. The zero-order chi connectivity index (χ0) is 21.3. The number of anilines is 1. The molecule has 0 unspecified atom stereocenters. The molecule has 2 aromatic carbocycles. The molecule has 0 N–H and O–H groups in total. The van der Waals surface area contributed by atoms with Crippen molar-refractivity contribution in [2.75, 3.05) is 32.2 Å². The zero-order valence-corrected chi connectivity index (χ0v) is 18.8. The molecule has 4 rings (SSSR count). The molecule has 0 aliphatic carbocycles. The monoisotopic (exact) mass is 470 g/mol. The minimum atomic E-state index is -0.227. The van der Waals surface area contributed by atoms with Gasteiger partial charge in [-0.25, -0.2) is 4.98 Å². The van der Waals surface area contributed by atoms with E-state index >= 15 is 0 Å². The molecule has 3 aromatic rings. The fourth-order valence-corrected chi connectivity index (χ4v) is 4.09. The molecule has 8 heteroatoms. The first-order chi connectivity index (χ1) is 14.5. The molecule has 0 radical (unpaired) electrons. The van der Waals surface area contributed by atoms with Crippen molar-refractivity contribution in [2.45, 2.75) is 19.8 Å². The maximum absolute atomic E-state index is 13.0. The van der Waals surface area contributed by atoms with E-state index in [-0.39, 0.29) is 5.56 Å². The third-order valence-electron chi connectivity index (χ3n) is 5.26. The van der Waals surface area contributed by atoms with Gasteiger partial charge in [-0.05, 0) is 44.0 Å². The molecule has 0 amide bonds. The van der Waals surface area contributed by atoms with Gasteiger partial charge in [-0.3, -0.25) is 4.79 Å². The number of halogens is 1. The lowest BCUT2D eigenvalue weighted by Gasteiger charge is -2.22. The van der Waals surface area contributed by atoms with E-state index in [9.17, 15) is 4.79 Å². The summed E-state index contributed by atoms with van der Waals surface area (Å²) in [6, 6.07) is 9.29. The van der Waals surface area contributed by atoms with Crippen LogP contribution in [0.4, 0.5) is 5.69 Å². The van der Waals surface area contributed by atoms with E-state index in [2.05, 4.69) is 30.9 Å². The van der Waals surface area contributed by atoms with Gasteiger partial charge in [0.15, 0.2) is 0 Å². The van der Waals surface area contributed by atoms with Crippen molar-refractivity contribution in [3.63, 3.8) is 0 Å². The van der Waals surface area contributed by atoms with Crippen molar-refractivity contribution in [1.82, 2.24) is 9.66 Å². The summed E-state index contributed by atoms with van der Waals surface area (Å²) in [6.45, 7) is 3.76. The molecule has 2 heterocycles. The predicted octanol–water partition coefficient (Wildman–Crippen LogP) is 3.97. The number of nitrogens with zero attached hydrogens (tertiary/aromatic N) is 4. The minimum Gasteiger partial charge on any atom is -0.496 e. The van der Waals surface area contributed by atoms with Gasteiger partial charge in [0.1, 0.15) is 17.3 Å². The van der Waals surface area contributed by atoms with Crippen LogP contribution in [0.1, 0.15) is 24.2 Å². The average Bonchev–Trinajstić information content (AvgIpc) is 3.28. The van der Waals surface area contributed by atoms with Crippen LogP contribution in [0, 0.1) is 6.92 Å². The normalized spacial score (nSPS) is 14.1. The maximum Gasteiger partial charge on any atom is 0.282 e. The summed E-state index contributed by atoms with van der Waals surface area (Å²) < 4.78 is 13.3. The summed E-state index contributed by atoms with van der Waals surface area (Å²) in [5.41, 5.74) is 2.14. The van der Waals surface area contributed by atoms with Crippen molar-refractivity contribution >= 4 is 38.7 Å². The molecule has 0 bridgehead atoms. The van der Waals surface area contributed by atoms with Gasteiger partial charge in [-0.2, -0.15) is 9.78 Å². The molecule has 7 nitrogen and oxygen atoms in total. The van der Waals surface area contributed by atoms with Crippen molar-refractivity contribution in [3.05, 3.63) is 56.5 Å². The second-order valence-electron chi connectivity index (χ2n) is 7.14. The highest BCUT2D eigenvalue weighted by Crippen LogP contribution is 2.36. The maximum atomic E-state index is 13.0. The molecule has 1 fully saturated rings. The van der Waals surface area contributed by atoms with Crippen molar-refractivity contribution in [3.8, 4) is 11.5 Å². The zero-order valence-electron chi connectivity index (χ0n) is 17.2. The topological polar surface area (TPSA) is 69.0 Å². The Balaban J connectivity index is 1.78. The van der Waals surface area contributed by atoms with Crippen LogP contribution in [-0.2, 0) is 0 Å². The molecule has 1 aliphatic rings. The highest BCUT2D eigenvalue weighted by Gasteiger charge is 2.19. The molecule has 156 valence electrons. The predicted molar refractivity (Wildman–Crippen MR) is 122 cm³/mol. The van der Waals surface area contributed by atoms with Gasteiger partial charge in [-0.1, -0.05) is 15.9 Å². The summed E-state index contributed by atoms with van der Waals surface area (Å²) in [6.07, 6.45) is 3.94. The summed E-state index contributed by atoms with van der Waals surface area (Å²) in [4.78, 5) is 19.7.